The first-order chi connectivity index (χ1) is 7.00. The van der Waals surface area contributed by atoms with Crippen LogP contribution in [0.25, 0.3) is 0 Å². The Kier molecular flexibility index (Phi) is 4.82. The first kappa shape index (κ1) is 12.7. The van der Waals surface area contributed by atoms with E-state index in [-0.39, 0.29) is 6.61 Å². The molecule has 1 saturated heterocycles. The molecule has 1 atom stereocenters. The Balaban J connectivity index is 2.10. The average molecular weight is 227 g/mol. The number of morpholine rings is 1. The van der Waals surface area contributed by atoms with Gasteiger partial charge in [-0.25, -0.2) is 0 Å². The number of hydrogen-bond acceptors (Lipinski definition) is 3. The van der Waals surface area contributed by atoms with Crippen LogP contribution in [0.2, 0.25) is 0 Å². The Morgan fingerprint density at radius 2 is 1.93 bits per heavy atom. The van der Waals surface area contributed by atoms with Crippen molar-refractivity contribution >= 4 is 0 Å². The summed E-state index contributed by atoms with van der Waals surface area (Å²) in [7, 11) is 0. The van der Waals surface area contributed by atoms with Crippen molar-refractivity contribution in [3.63, 3.8) is 0 Å². The van der Waals surface area contributed by atoms with Crippen LogP contribution in [0.1, 0.15) is 6.92 Å². The van der Waals surface area contributed by atoms with Gasteiger partial charge in [0.25, 0.3) is 0 Å². The summed E-state index contributed by atoms with van der Waals surface area (Å²) >= 11 is 0. The van der Waals surface area contributed by atoms with E-state index < -0.39 is 12.3 Å². The summed E-state index contributed by atoms with van der Waals surface area (Å²) in [6.45, 7) is 4.50. The highest BCUT2D eigenvalue weighted by Crippen LogP contribution is 2.22. The molecular weight excluding hydrogens is 211 g/mol. The quantitative estimate of drug-likeness (QED) is 0.722. The Bertz CT molecular complexity index is 181. The topological polar surface area (TPSA) is 21.7 Å². The van der Waals surface area contributed by atoms with E-state index in [1.54, 1.807) is 0 Å². The number of rotatable bonds is 4. The van der Waals surface area contributed by atoms with Gasteiger partial charge in [0.05, 0.1) is 19.8 Å². The molecule has 0 spiro atoms. The molecular formula is C9H16F3NO2. The molecule has 0 bridgehead atoms. The van der Waals surface area contributed by atoms with Crippen LogP contribution in [0.3, 0.4) is 0 Å². The molecule has 15 heavy (non-hydrogen) atoms. The molecule has 0 aromatic rings. The molecule has 0 aliphatic carbocycles. The lowest BCUT2D eigenvalue weighted by molar-refractivity contribution is -0.215. The lowest BCUT2D eigenvalue weighted by Gasteiger charge is -2.27. The smallest absolute Gasteiger partial charge is 0.379 e. The van der Waals surface area contributed by atoms with E-state index >= 15 is 0 Å². The van der Waals surface area contributed by atoms with E-state index in [1.165, 1.54) is 0 Å². The maximum atomic E-state index is 12.1. The van der Waals surface area contributed by atoms with E-state index in [2.05, 4.69) is 0 Å². The highest BCUT2D eigenvalue weighted by atomic mass is 19.4. The number of ether oxygens (including phenoxy) is 2. The van der Waals surface area contributed by atoms with E-state index in [1.807, 2.05) is 4.90 Å². The van der Waals surface area contributed by atoms with Gasteiger partial charge in [0.15, 0.2) is 6.10 Å². The first-order valence-corrected chi connectivity index (χ1v) is 4.98. The maximum absolute atomic E-state index is 12.1. The summed E-state index contributed by atoms with van der Waals surface area (Å²) in [5.41, 5.74) is 0. The summed E-state index contributed by atoms with van der Waals surface area (Å²) in [6.07, 6.45) is -5.94. The molecule has 1 rings (SSSR count). The summed E-state index contributed by atoms with van der Waals surface area (Å²) < 4.78 is 46.0. The van der Waals surface area contributed by atoms with Gasteiger partial charge in [-0.1, -0.05) is 0 Å². The van der Waals surface area contributed by atoms with Gasteiger partial charge in [-0.2, -0.15) is 13.2 Å². The Morgan fingerprint density at radius 1 is 1.33 bits per heavy atom. The van der Waals surface area contributed by atoms with Crippen molar-refractivity contribution in [1.82, 2.24) is 4.90 Å². The van der Waals surface area contributed by atoms with Crippen LogP contribution >= 0.6 is 0 Å². The molecule has 0 saturated carbocycles. The van der Waals surface area contributed by atoms with Crippen LogP contribution in [0, 0.1) is 0 Å². The van der Waals surface area contributed by atoms with Gasteiger partial charge in [0, 0.05) is 19.6 Å². The van der Waals surface area contributed by atoms with Crippen molar-refractivity contribution in [3.05, 3.63) is 0 Å². The van der Waals surface area contributed by atoms with Crippen LogP contribution in [-0.2, 0) is 9.47 Å². The Hall–Kier alpha value is -0.330. The van der Waals surface area contributed by atoms with Gasteiger partial charge >= 0.3 is 6.18 Å². The van der Waals surface area contributed by atoms with Crippen LogP contribution in [0.5, 0.6) is 0 Å². The second kappa shape index (κ2) is 5.67. The summed E-state index contributed by atoms with van der Waals surface area (Å²) in [5.74, 6) is 0. The number of halogens is 3. The van der Waals surface area contributed by atoms with Crippen molar-refractivity contribution in [2.24, 2.45) is 0 Å². The summed E-state index contributed by atoms with van der Waals surface area (Å²) in [6, 6.07) is 0. The lowest BCUT2D eigenvalue weighted by Crippen LogP contribution is -2.39. The van der Waals surface area contributed by atoms with Gasteiger partial charge in [-0.15, -0.1) is 0 Å². The van der Waals surface area contributed by atoms with E-state index in [0.29, 0.717) is 19.8 Å². The van der Waals surface area contributed by atoms with Crippen LogP contribution in [0.15, 0.2) is 0 Å². The fraction of sp³-hybridized carbons (Fsp3) is 1.00. The van der Waals surface area contributed by atoms with Crippen LogP contribution in [-0.4, -0.2) is 56.6 Å². The van der Waals surface area contributed by atoms with E-state index in [4.69, 9.17) is 9.47 Å². The third kappa shape index (κ3) is 4.81. The van der Waals surface area contributed by atoms with Crippen LogP contribution in [0.4, 0.5) is 13.2 Å². The van der Waals surface area contributed by atoms with Crippen molar-refractivity contribution in [3.8, 4) is 0 Å². The summed E-state index contributed by atoms with van der Waals surface area (Å²) in [4.78, 5) is 2.03. The minimum Gasteiger partial charge on any atom is -0.379 e. The zero-order chi connectivity index (χ0) is 11.3. The SMILES string of the molecule is CC(OCCN1CCOCC1)C(F)(F)F. The van der Waals surface area contributed by atoms with E-state index in [0.717, 1.165) is 20.0 Å². The zero-order valence-corrected chi connectivity index (χ0v) is 8.72. The largest absolute Gasteiger partial charge is 0.414 e. The third-order valence-electron chi connectivity index (χ3n) is 2.34. The molecule has 0 aromatic heterocycles. The molecule has 90 valence electrons. The molecule has 3 nitrogen and oxygen atoms in total. The normalized spacial score (nSPS) is 21.6. The number of hydrogen-bond donors (Lipinski definition) is 0. The molecule has 1 aliphatic rings. The zero-order valence-electron chi connectivity index (χ0n) is 8.72. The molecule has 1 fully saturated rings. The molecule has 0 aromatic carbocycles. The van der Waals surface area contributed by atoms with Gasteiger partial charge in [-0.05, 0) is 6.92 Å². The Morgan fingerprint density at radius 3 is 2.47 bits per heavy atom. The van der Waals surface area contributed by atoms with Crippen molar-refractivity contribution in [2.75, 3.05) is 39.5 Å². The molecule has 0 radical (unpaired) electrons. The standard InChI is InChI=1S/C9H16F3NO2/c1-8(9(10,11)12)15-7-4-13-2-5-14-6-3-13/h8H,2-7H2,1H3. The van der Waals surface area contributed by atoms with Crippen molar-refractivity contribution < 1.29 is 22.6 Å². The minimum absolute atomic E-state index is 0.112. The van der Waals surface area contributed by atoms with Gasteiger partial charge < -0.3 is 9.47 Å². The molecule has 0 amide bonds. The fourth-order valence-corrected chi connectivity index (χ4v) is 1.28. The Labute approximate surface area is 87.1 Å². The van der Waals surface area contributed by atoms with Crippen molar-refractivity contribution in [1.29, 1.82) is 0 Å². The summed E-state index contributed by atoms with van der Waals surface area (Å²) in [5, 5.41) is 0. The van der Waals surface area contributed by atoms with Gasteiger partial charge in [-0.3, -0.25) is 4.90 Å². The molecule has 0 N–H and O–H groups in total. The molecule has 6 heteroatoms. The average Bonchev–Trinajstić information content (AvgIpc) is 2.18. The third-order valence-corrected chi connectivity index (χ3v) is 2.34. The fourth-order valence-electron chi connectivity index (χ4n) is 1.28. The van der Waals surface area contributed by atoms with Gasteiger partial charge in [0.1, 0.15) is 0 Å². The number of alkyl halides is 3. The first-order valence-electron chi connectivity index (χ1n) is 4.98. The maximum Gasteiger partial charge on any atom is 0.414 e. The van der Waals surface area contributed by atoms with Crippen LogP contribution < -0.4 is 0 Å². The molecule has 1 heterocycles. The highest BCUT2D eigenvalue weighted by molar-refractivity contribution is 4.64. The van der Waals surface area contributed by atoms with Gasteiger partial charge in [0.2, 0.25) is 0 Å². The predicted molar refractivity (Wildman–Crippen MR) is 48.7 cm³/mol. The van der Waals surface area contributed by atoms with Crippen molar-refractivity contribution in [2.45, 2.75) is 19.2 Å². The molecule has 1 unspecified atom stereocenters. The molecule has 1 aliphatic heterocycles. The van der Waals surface area contributed by atoms with E-state index in [9.17, 15) is 13.2 Å². The lowest BCUT2D eigenvalue weighted by atomic mass is 10.4. The second-order valence-corrected chi connectivity index (χ2v) is 3.51. The number of nitrogens with zero attached hydrogens (tertiary/aromatic N) is 1. The highest BCUT2D eigenvalue weighted by Gasteiger charge is 2.36. The monoisotopic (exact) mass is 227 g/mol. The predicted octanol–water partition coefficient (Wildman–Crippen LogP) is 1.29. The second-order valence-electron chi connectivity index (χ2n) is 3.51. The minimum atomic E-state index is -4.26.